The van der Waals surface area contributed by atoms with Gasteiger partial charge in [-0.25, -0.2) is 0 Å². The number of Topliss-reactive ketones (excluding diaryl/α,β-unsaturated/α-hetero) is 1. The zero-order valence-electron chi connectivity index (χ0n) is 28.4. The quantitative estimate of drug-likeness (QED) is 0.261. The molecule has 5 aliphatic rings. The largest absolute Gasteiger partial charge is 0.507 e. The number of phenols is 1. The molecule has 12 atom stereocenters. The van der Waals surface area contributed by atoms with E-state index in [1.165, 1.54) is 18.2 Å². The van der Waals surface area contributed by atoms with Crippen LogP contribution in [-0.2, 0) is 30.1 Å². The number of hydrogen-bond donors (Lipinski definition) is 5. The molecule has 3 saturated heterocycles. The van der Waals surface area contributed by atoms with E-state index in [1.54, 1.807) is 26.8 Å². The molecule has 5 N–H and O–H groups in total. The second-order valence-electron chi connectivity index (χ2n) is 14.7. The van der Waals surface area contributed by atoms with Gasteiger partial charge in [0.2, 0.25) is 0 Å². The van der Waals surface area contributed by atoms with Crippen molar-refractivity contribution in [3.63, 3.8) is 0 Å². The van der Waals surface area contributed by atoms with E-state index in [9.17, 15) is 39.9 Å². The lowest BCUT2D eigenvalue weighted by atomic mass is 9.73. The van der Waals surface area contributed by atoms with Crippen LogP contribution < -0.4 is 0 Å². The SMILES string of the molecule is C[C@H]1O[C@@H](O[C@@H]2CC[C@@H](O[C@@H]3C[C@H](c4ccc5c(c4O)C(=O)c4ccc6c(c4C5=O)C(=O)C[C@](C)(O)C6)O[C@H](C)[C@@H]3O)O[C@@H]2C)C[C@@H](O)[C@H]1O. The molecule has 0 aromatic heterocycles. The van der Waals surface area contributed by atoms with Gasteiger partial charge in [0.1, 0.15) is 18.0 Å². The van der Waals surface area contributed by atoms with Crippen molar-refractivity contribution in [1.29, 1.82) is 0 Å². The van der Waals surface area contributed by atoms with Gasteiger partial charge < -0.3 is 49.2 Å². The van der Waals surface area contributed by atoms with Gasteiger partial charge >= 0.3 is 0 Å². The maximum absolute atomic E-state index is 13.9. The topological polar surface area (TPSA) is 199 Å². The summed E-state index contributed by atoms with van der Waals surface area (Å²) in [5.41, 5.74) is -0.546. The Labute approximate surface area is 289 Å². The summed E-state index contributed by atoms with van der Waals surface area (Å²) in [5, 5.41) is 53.2. The minimum absolute atomic E-state index is 0.00154. The number of ether oxygens (including phenoxy) is 5. The van der Waals surface area contributed by atoms with E-state index < -0.39 is 90.1 Å². The molecule has 0 unspecified atom stereocenters. The third kappa shape index (κ3) is 6.22. The van der Waals surface area contributed by atoms with Gasteiger partial charge in [-0.2, -0.15) is 0 Å². The number of rotatable bonds is 5. The van der Waals surface area contributed by atoms with Crippen molar-refractivity contribution in [3.8, 4) is 5.75 Å². The molecule has 3 heterocycles. The minimum Gasteiger partial charge on any atom is -0.507 e. The monoisotopic (exact) mass is 696 g/mol. The molecule has 13 nitrogen and oxygen atoms in total. The van der Waals surface area contributed by atoms with Crippen molar-refractivity contribution in [3.05, 3.63) is 63.2 Å². The summed E-state index contributed by atoms with van der Waals surface area (Å²) >= 11 is 0. The zero-order chi connectivity index (χ0) is 35.8. The lowest BCUT2D eigenvalue weighted by Gasteiger charge is -2.43. The molecule has 2 aromatic rings. The zero-order valence-corrected chi connectivity index (χ0v) is 28.4. The summed E-state index contributed by atoms with van der Waals surface area (Å²) in [6.45, 7) is 6.74. The summed E-state index contributed by atoms with van der Waals surface area (Å²) < 4.78 is 30.3. The smallest absolute Gasteiger partial charge is 0.198 e. The maximum atomic E-state index is 13.9. The van der Waals surface area contributed by atoms with Crippen LogP contribution in [0.1, 0.15) is 119 Å². The molecule has 3 fully saturated rings. The third-order valence-corrected chi connectivity index (χ3v) is 10.8. The van der Waals surface area contributed by atoms with Crippen molar-refractivity contribution in [2.75, 3.05) is 0 Å². The molecule has 13 heteroatoms. The number of aliphatic hydroxyl groups excluding tert-OH is 3. The Bertz CT molecular complexity index is 1690. The highest BCUT2D eigenvalue weighted by molar-refractivity contribution is 6.32. The Hall–Kier alpha value is -3.11. The second-order valence-corrected chi connectivity index (χ2v) is 14.7. The van der Waals surface area contributed by atoms with E-state index in [4.69, 9.17) is 23.7 Å². The molecule has 2 aliphatic carbocycles. The predicted octanol–water partition coefficient (Wildman–Crippen LogP) is 2.41. The van der Waals surface area contributed by atoms with Crippen molar-refractivity contribution < 1.29 is 63.6 Å². The van der Waals surface area contributed by atoms with Crippen molar-refractivity contribution in [1.82, 2.24) is 0 Å². The number of phenolic OH excluding ortho intramolecular Hbond substituents is 1. The second kappa shape index (κ2) is 13.1. The lowest BCUT2D eigenvalue weighted by Crippen LogP contribution is -2.51. The molecule has 0 amide bonds. The van der Waals surface area contributed by atoms with Gasteiger partial charge in [-0.1, -0.05) is 12.1 Å². The van der Waals surface area contributed by atoms with E-state index >= 15 is 0 Å². The average molecular weight is 697 g/mol. The number of fused-ring (bicyclic) bond motifs is 4. The van der Waals surface area contributed by atoms with Crippen molar-refractivity contribution in [2.45, 2.75) is 139 Å². The van der Waals surface area contributed by atoms with Crippen LogP contribution in [0.5, 0.6) is 5.75 Å². The third-order valence-electron chi connectivity index (χ3n) is 10.8. The van der Waals surface area contributed by atoms with Crippen molar-refractivity contribution >= 4 is 17.3 Å². The molecule has 3 aliphatic heterocycles. The number of carbonyl (C=O) groups is 3. The summed E-state index contributed by atoms with van der Waals surface area (Å²) in [7, 11) is 0. The molecule has 0 spiro atoms. The Balaban J connectivity index is 1.06. The van der Waals surface area contributed by atoms with E-state index in [0.29, 0.717) is 18.4 Å². The van der Waals surface area contributed by atoms with E-state index in [-0.39, 0.29) is 65.2 Å². The van der Waals surface area contributed by atoms with Gasteiger partial charge in [-0.05, 0) is 51.8 Å². The normalized spacial score (nSPS) is 38.7. The number of carbonyl (C=O) groups excluding carboxylic acids is 3. The van der Waals surface area contributed by atoms with Crippen molar-refractivity contribution in [2.24, 2.45) is 0 Å². The highest BCUT2D eigenvalue weighted by Crippen LogP contribution is 2.44. The molecule has 50 heavy (non-hydrogen) atoms. The Morgan fingerprint density at radius 1 is 0.720 bits per heavy atom. The fourth-order valence-electron chi connectivity index (χ4n) is 8.09. The van der Waals surface area contributed by atoms with Gasteiger partial charge in [0.25, 0.3) is 0 Å². The summed E-state index contributed by atoms with van der Waals surface area (Å²) in [6, 6.07) is 6.01. The lowest BCUT2D eigenvalue weighted by molar-refractivity contribution is -0.306. The van der Waals surface area contributed by atoms with Gasteiger partial charge in [-0.15, -0.1) is 0 Å². The Morgan fingerprint density at radius 2 is 1.36 bits per heavy atom. The highest BCUT2D eigenvalue weighted by atomic mass is 16.7. The van der Waals surface area contributed by atoms with Gasteiger partial charge in [-0.3, -0.25) is 14.4 Å². The molecular weight excluding hydrogens is 652 g/mol. The molecule has 2 aromatic carbocycles. The van der Waals surface area contributed by atoms with Crippen LogP contribution in [0.4, 0.5) is 0 Å². The number of ketones is 3. The van der Waals surface area contributed by atoms with Gasteiger partial charge in [0, 0.05) is 59.9 Å². The van der Waals surface area contributed by atoms with Crippen LogP contribution in [-0.4, -0.2) is 110 Å². The Kier molecular flexibility index (Phi) is 9.28. The van der Waals surface area contributed by atoms with Crippen LogP contribution in [0, 0.1) is 0 Å². The average Bonchev–Trinajstić information content (AvgIpc) is 3.04. The number of hydrogen-bond acceptors (Lipinski definition) is 13. The van der Waals surface area contributed by atoms with E-state index in [1.807, 2.05) is 6.92 Å². The van der Waals surface area contributed by atoms with Crippen LogP contribution >= 0.6 is 0 Å². The number of aliphatic hydroxyl groups is 4. The van der Waals surface area contributed by atoms with E-state index in [0.717, 1.165) is 0 Å². The van der Waals surface area contributed by atoms with Gasteiger partial charge in [0.15, 0.2) is 29.9 Å². The first kappa shape index (κ1) is 35.3. The van der Waals surface area contributed by atoms with Crippen LogP contribution in [0.25, 0.3) is 0 Å². The van der Waals surface area contributed by atoms with Crippen LogP contribution in [0.15, 0.2) is 24.3 Å². The first-order valence-corrected chi connectivity index (χ1v) is 17.3. The fraction of sp³-hybridized carbons (Fsp3) is 0.595. The number of benzene rings is 2. The molecule has 7 rings (SSSR count). The fourth-order valence-corrected chi connectivity index (χ4v) is 8.09. The van der Waals surface area contributed by atoms with Crippen LogP contribution in [0.3, 0.4) is 0 Å². The molecular formula is C37H44O13. The summed E-state index contributed by atoms with van der Waals surface area (Å²) in [4.78, 5) is 40.8. The number of aromatic hydroxyl groups is 1. The molecule has 270 valence electrons. The Morgan fingerprint density at radius 3 is 2.08 bits per heavy atom. The standard InChI is InChI=1S/C37H44O13/c1-15-24(49-28-11-22(38)32(40)16(2)48-28)9-10-27(47-15)50-26-12-25(46-17(3)33(26)41)19-7-8-21-31(34(19)42)36(44)20-6-5-18-13-37(4,45)14-23(39)29(18)30(20)35(21)43/h5-8,15-17,22,24-28,32-33,38,40-42,45H,9-14H2,1-4H3/t15-,16-,17-,22-,24-,25-,26-,27-,28+,32+,33+,37-/m1/s1. The highest BCUT2D eigenvalue weighted by Gasteiger charge is 2.45. The molecule has 0 saturated carbocycles. The van der Waals surface area contributed by atoms with Crippen LogP contribution in [0.2, 0.25) is 0 Å². The molecule has 0 radical (unpaired) electrons. The first-order chi connectivity index (χ1) is 23.6. The van der Waals surface area contributed by atoms with E-state index in [2.05, 4.69) is 0 Å². The first-order valence-electron chi connectivity index (χ1n) is 17.3. The maximum Gasteiger partial charge on any atom is 0.198 e. The summed E-state index contributed by atoms with van der Waals surface area (Å²) in [5.74, 6) is -1.98. The summed E-state index contributed by atoms with van der Waals surface area (Å²) in [6.07, 6.45) is -6.73. The van der Waals surface area contributed by atoms with Gasteiger partial charge in [0.05, 0.1) is 53.9 Å². The molecule has 0 bridgehead atoms. The minimum atomic E-state index is -1.25. The predicted molar refractivity (Wildman–Crippen MR) is 173 cm³/mol.